The van der Waals surface area contributed by atoms with Crippen LogP contribution in [0.5, 0.6) is 0 Å². The van der Waals surface area contributed by atoms with E-state index in [0.717, 1.165) is 6.33 Å². The molecule has 1 aromatic carbocycles. The van der Waals surface area contributed by atoms with Crippen molar-refractivity contribution >= 4 is 60.5 Å². The zero-order valence-corrected chi connectivity index (χ0v) is 13.6. The van der Waals surface area contributed by atoms with Crippen LogP contribution in [0.2, 0.25) is 10.3 Å². The summed E-state index contributed by atoms with van der Waals surface area (Å²) in [6.07, 6.45) is 1.13. The molecule has 0 saturated carbocycles. The number of nitrogens with two attached hydrogens (primary N) is 1. The van der Waals surface area contributed by atoms with Crippen molar-refractivity contribution in [1.82, 2.24) is 9.97 Å². The maximum atomic E-state index is 12.2. The quantitative estimate of drug-likeness (QED) is 0.612. The van der Waals surface area contributed by atoms with Gasteiger partial charge < -0.3 is 5.73 Å². The molecule has 0 aliphatic heterocycles. The molecule has 0 atom stereocenters. The average molecular weight is 398 g/mol. The lowest BCUT2D eigenvalue weighted by molar-refractivity contribution is 0.601. The molecule has 0 fully saturated rings. The smallest absolute Gasteiger partial charge is 0.262 e. The number of nitrogen functional groups attached to an aromatic ring is 1. The minimum Gasteiger partial charge on any atom is -0.398 e. The summed E-state index contributed by atoms with van der Waals surface area (Å²) < 4.78 is 27.3. The molecule has 0 radical (unpaired) electrons. The van der Waals surface area contributed by atoms with Gasteiger partial charge in [0.2, 0.25) is 0 Å². The number of anilines is 2. The Kier molecular flexibility index (Phi) is 4.38. The van der Waals surface area contributed by atoms with Crippen LogP contribution in [0.3, 0.4) is 0 Å². The molecule has 3 N–H and O–H groups in total. The normalized spacial score (nSPS) is 11.3. The number of sulfonamides is 1. The van der Waals surface area contributed by atoms with Gasteiger partial charge in [0.15, 0.2) is 10.3 Å². The molecule has 0 aliphatic carbocycles. The van der Waals surface area contributed by atoms with Gasteiger partial charge in [-0.1, -0.05) is 23.2 Å². The first kappa shape index (κ1) is 15.3. The number of rotatable bonds is 3. The monoisotopic (exact) mass is 396 g/mol. The summed E-state index contributed by atoms with van der Waals surface area (Å²) in [6, 6.07) is 4.21. The molecule has 0 saturated heterocycles. The number of nitrogens with zero attached hydrogens (tertiary/aromatic N) is 2. The number of halogens is 3. The predicted molar refractivity (Wildman–Crippen MR) is 81.4 cm³/mol. The van der Waals surface area contributed by atoms with Crippen molar-refractivity contribution in [1.29, 1.82) is 0 Å². The molecule has 0 amide bonds. The standard InChI is InChI=1S/C10H7BrCl2N4O2S/c11-6-2-1-5(3-7(6)14)20(18,19)17-8-9(12)15-4-16-10(8)13/h1-4,17H,14H2. The average Bonchev–Trinajstić information content (AvgIpc) is 2.37. The second-order valence-electron chi connectivity index (χ2n) is 3.62. The lowest BCUT2D eigenvalue weighted by atomic mass is 10.3. The molecule has 10 heteroatoms. The molecule has 0 bridgehead atoms. The van der Waals surface area contributed by atoms with Gasteiger partial charge in [-0.2, -0.15) is 0 Å². The van der Waals surface area contributed by atoms with Gasteiger partial charge in [0.05, 0.1) is 4.90 Å². The second kappa shape index (κ2) is 5.72. The van der Waals surface area contributed by atoms with E-state index in [0.29, 0.717) is 4.47 Å². The van der Waals surface area contributed by atoms with Crippen molar-refractivity contribution in [2.45, 2.75) is 4.90 Å². The van der Waals surface area contributed by atoms with Crippen molar-refractivity contribution in [2.24, 2.45) is 0 Å². The summed E-state index contributed by atoms with van der Waals surface area (Å²) in [5.74, 6) is 0. The maximum Gasteiger partial charge on any atom is 0.262 e. The minimum absolute atomic E-state index is 0.0332. The van der Waals surface area contributed by atoms with Crippen molar-refractivity contribution in [2.75, 3.05) is 10.5 Å². The van der Waals surface area contributed by atoms with Crippen LogP contribution in [0.1, 0.15) is 0 Å². The maximum absolute atomic E-state index is 12.2. The first-order valence-corrected chi connectivity index (χ1v) is 8.08. The zero-order chi connectivity index (χ0) is 14.9. The fourth-order valence-electron chi connectivity index (χ4n) is 1.31. The summed E-state index contributed by atoms with van der Waals surface area (Å²) in [7, 11) is -3.90. The summed E-state index contributed by atoms with van der Waals surface area (Å²) >= 11 is 14.8. The lowest BCUT2D eigenvalue weighted by Crippen LogP contribution is -2.14. The van der Waals surface area contributed by atoms with Gasteiger partial charge in [-0.25, -0.2) is 18.4 Å². The van der Waals surface area contributed by atoms with E-state index in [4.69, 9.17) is 28.9 Å². The van der Waals surface area contributed by atoms with Gasteiger partial charge in [0, 0.05) is 10.2 Å². The molecule has 0 unspecified atom stereocenters. The van der Waals surface area contributed by atoms with Crippen LogP contribution >= 0.6 is 39.1 Å². The highest BCUT2D eigenvalue weighted by Gasteiger charge is 2.19. The zero-order valence-electron chi connectivity index (χ0n) is 9.64. The van der Waals surface area contributed by atoms with Crippen molar-refractivity contribution < 1.29 is 8.42 Å². The van der Waals surface area contributed by atoms with Gasteiger partial charge in [0.1, 0.15) is 12.0 Å². The van der Waals surface area contributed by atoms with E-state index in [-0.39, 0.29) is 26.6 Å². The number of nitrogens with one attached hydrogen (secondary N) is 1. The van der Waals surface area contributed by atoms with E-state index in [1.54, 1.807) is 0 Å². The SMILES string of the molecule is Nc1cc(S(=O)(=O)Nc2c(Cl)ncnc2Cl)ccc1Br. The molecule has 0 spiro atoms. The summed E-state index contributed by atoms with van der Waals surface area (Å²) in [5.41, 5.74) is 5.86. The minimum atomic E-state index is -3.90. The van der Waals surface area contributed by atoms with E-state index < -0.39 is 10.0 Å². The predicted octanol–water partition coefficient (Wildman–Crippen LogP) is 2.93. The second-order valence-corrected chi connectivity index (χ2v) is 6.87. The highest BCUT2D eigenvalue weighted by molar-refractivity contribution is 9.10. The Morgan fingerprint density at radius 3 is 2.35 bits per heavy atom. The van der Waals surface area contributed by atoms with E-state index in [9.17, 15) is 8.42 Å². The highest BCUT2D eigenvalue weighted by atomic mass is 79.9. The van der Waals surface area contributed by atoms with Crippen LogP contribution in [0.25, 0.3) is 0 Å². The van der Waals surface area contributed by atoms with Crippen LogP contribution in [0, 0.1) is 0 Å². The Morgan fingerprint density at radius 1 is 1.20 bits per heavy atom. The van der Waals surface area contributed by atoms with E-state index in [1.807, 2.05) is 0 Å². The van der Waals surface area contributed by atoms with Gasteiger partial charge in [0.25, 0.3) is 10.0 Å². The van der Waals surface area contributed by atoms with E-state index in [2.05, 4.69) is 30.6 Å². The lowest BCUT2D eigenvalue weighted by Gasteiger charge is -2.10. The number of hydrogen-bond donors (Lipinski definition) is 2. The molecule has 1 heterocycles. The third-order valence-electron chi connectivity index (χ3n) is 2.27. The van der Waals surface area contributed by atoms with Crippen molar-refractivity contribution in [3.63, 3.8) is 0 Å². The Hall–Kier alpha value is -1.09. The Balaban J connectivity index is 2.43. The van der Waals surface area contributed by atoms with Gasteiger partial charge >= 0.3 is 0 Å². The Morgan fingerprint density at radius 2 is 1.80 bits per heavy atom. The fourth-order valence-corrected chi connectivity index (χ4v) is 3.19. The Labute approximate surface area is 133 Å². The van der Waals surface area contributed by atoms with Crippen LogP contribution in [-0.2, 0) is 10.0 Å². The van der Waals surface area contributed by atoms with Crippen LogP contribution < -0.4 is 10.5 Å². The molecule has 2 rings (SSSR count). The third kappa shape index (κ3) is 3.14. The Bertz CT molecular complexity index is 750. The molecular formula is C10H7BrCl2N4O2S. The summed E-state index contributed by atoms with van der Waals surface area (Å²) in [6.45, 7) is 0. The van der Waals surface area contributed by atoms with E-state index >= 15 is 0 Å². The topological polar surface area (TPSA) is 98.0 Å². The van der Waals surface area contributed by atoms with Gasteiger partial charge in [-0.3, -0.25) is 4.72 Å². The van der Waals surface area contributed by atoms with Crippen molar-refractivity contribution in [3.05, 3.63) is 39.3 Å². The van der Waals surface area contributed by atoms with Crippen LogP contribution in [-0.4, -0.2) is 18.4 Å². The van der Waals surface area contributed by atoms with Crippen molar-refractivity contribution in [3.8, 4) is 0 Å². The van der Waals surface area contributed by atoms with Gasteiger partial charge in [-0.05, 0) is 34.1 Å². The molecular weight excluding hydrogens is 391 g/mol. The van der Waals surface area contributed by atoms with E-state index in [1.165, 1.54) is 18.2 Å². The molecule has 2 aromatic rings. The third-order valence-corrected chi connectivity index (χ3v) is 4.91. The fraction of sp³-hybridized carbons (Fsp3) is 0. The first-order valence-electron chi connectivity index (χ1n) is 5.05. The van der Waals surface area contributed by atoms with Crippen LogP contribution in [0.15, 0.2) is 33.9 Å². The number of benzene rings is 1. The molecule has 106 valence electrons. The van der Waals surface area contributed by atoms with Gasteiger partial charge in [-0.15, -0.1) is 0 Å². The number of hydrogen-bond acceptors (Lipinski definition) is 5. The largest absolute Gasteiger partial charge is 0.398 e. The molecule has 1 aromatic heterocycles. The molecule has 0 aliphatic rings. The summed E-state index contributed by atoms with van der Waals surface area (Å²) in [4.78, 5) is 7.29. The summed E-state index contributed by atoms with van der Waals surface area (Å²) in [5, 5.41) is -0.197. The highest BCUT2D eigenvalue weighted by Crippen LogP contribution is 2.29. The van der Waals surface area contributed by atoms with Crippen LogP contribution in [0.4, 0.5) is 11.4 Å². The first-order chi connectivity index (χ1) is 9.31. The molecule has 6 nitrogen and oxygen atoms in total. The molecule has 20 heavy (non-hydrogen) atoms. The number of aromatic nitrogens is 2.